The first-order valence-electron chi connectivity index (χ1n) is 7.07. The number of hydrogen-bond acceptors (Lipinski definition) is 3. The number of ether oxygens (including phenoxy) is 1. The number of carbonyl (C=O) groups excluding carboxylic acids is 1. The second-order valence-corrected chi connectivity index (χ2v) is 5.23. The standard InChI is InChI=1S/C13H23F3N2O2/c14-13(15,16)7-6-12(19)18-8-1-9-20-11-4-2-10(17)3-5-11/h10-11H,1-9,17H2,(H,18,19). The van der Waals surface area contributed by atoms with Crippen molar-refractivity contribution < 1.29 is 22.7 Å². The van der Waals surface area contributed by atoms with Crippen molar-refractivity contribution in [3.05, 3.63) is 0 Å². The Hall–Kier alpha value is -0.820. The summed E-state index contributed by atoms with van der Waals surface area (Å²) in [4.78, 5) is 11.1. The fourth-order valence-corrected chi connectivity index (χ4v) is 2.15. The van der Waals surface area contributed by atoms with Crippen LogP contribution in [0.5, 0.6) is 0 Å². The average Bonchev–Trinajstić information content (AvgIpc) is 2.37. The maximum atomic E-state index is 11.9. The molecule has 0 atom stereocenters. The Kier molecular flexibility index (Phi) is 7.29. The predicted molar refractivity (Wildman–Crippen MR) is 69.1 cm³/mol. The third kappa shape index (κ3) is 8.37. The number of carbonyl (C=O) groups is 1. The first kappa shape index (κ1) is 17.2. The molecule has 0 heterocycles. The van der Waals surface area contributed by atoms with Gasteiger partial charge in [-0.05, 0) is 32.1 Å². The summed E-state index contributed by atoms with van der Waals surface area (Å²) in [6.45, 7) is 0.863. The Bertz CT molecular complexity index is 290. The third-order valence-corrected chi connectivity index (χ3v) is 3.35. The van der Waals surface area contributed by atoms with Crippen LogP contribution in [0.1, 0.15) is 44.9 Å². The summed E-state index contributed by atoms with van der Waals surface area (Å²) in [6, 6.07) is 0.280. The minimum absolute atomic E-state index is 0.232. The third-order valence-electron chi connectivity index (χ3n) is 3.35. The van der Waals surface area contributed by atoms with Crippen molar-refractivity contribution in [1.82, 2.24) is 5.32 Å². The molecule has 1 aliphatic rings. The number of nitrogens with two attached hydrogens (primary N) is 1. The summed E-state index contributed by atoms with van der Waals surface area (Å²) in [5.41, 5.74) is 5.78. The predicted octanol–water partition coefficient (Wildman–Crippen LogP) is 2.12. The minimum Gasteiger partial charge on any atom is -0.378 e. The lowest BCUT2D eigenvalue weighted by atomic mass is 9.94. The van der Waals surface area contributed by atoms with Gasteiger partial charge in [-0.15, -0.1) is 0 Å². The summed E-state index contributed by atoms with van der Waals surface area (Å²) < 4.78 is 41.3. The first-order valence-corrected chi connectivity index (χ1v) is 7.07. The van der Waals surface area contributed by atoms with Gasteiger partial charge in [-0.25, -0.2) is 0 Å². The van der Waals surface area contributed by atoms with E-state index in [1.54, 1.807) is 0 Å². The van der Waals surface area contributed by atoms with E-state index in [4.69, 9.17) is 10.5 Å². The van der Waals surface area contributed by atoms with Gasteiger partial charge in [0.05, 0.1) is 12.5 Å². The molecule has 0 aliphatic heterocycles. The SMILES string of the molecule is NC1CCC(OCCCNC(=O)CCC(F)(F)F)CC1. The quantitative estimate of drug-likeness (QED) is 0.707. The Labute approximate surface area is 117 Å². The highest BCUT2D eigenvalue weighted by Crippen LogP contribution is 2.21. The summed E-state index contributed by atoms with van der Waals surface area (Å²) >= 11 is 0. The molecule has 1 rings (SSSR count). The van der Waals surface area contributed by atoms with E-state index in [0.29, 0.717) is 19.6 Å². The normalized spacial score (nSPS) is 23.6. The van der Waals surface area contributed by atoms with Crippen molar-refractivity contribution >= 4 is 5.91 Å². The molecule has 4 nitrogen and oxygen atoms in total. The summed E-state index contributed by atoms with van der Waals surface area (Å²) in [5, 5.41) is 2.46. The molecule has 0 aromatic heterocycles. The lowest BCUT2D eigenvalue weighted by Gasteiger charge is -2.26. The highest BCUT2D eigenvalue weighted by molar-refractivity contribution is 5.75. The molecule has 0 spiro atoms. The molecule has 118 valence electrons. The van der Waals surface area contributed by atoms with E-state index in [0.717, 1.165) is 25.7 Å². The van der Waals surface area contributed by atoms with Crippen molar-refractivity contribution in [3.8, 4) is 0 Å². The van der Waals surface area contributed by atoms with Crippen molar-refractivity contribution in [2.75, 3.05) is 13.2 Å². The number of amides is 1. The molecular formula is C13H23F3N2O2. The van der Waals surface area contributed by atoms with Crippen LogP contribution in [0.25, 0.3) is 0 Å². The van der Waals surface area contributed by atoms with Gasteiger partial charge in [-0.3, -0.25) is 4.79 Å². The number of hydrogen-bond donors (Lipinski definition) is 2. The number of alkyl halides is 3. The molecule has 1 aliphatic carbocycles. The summed E-state index contributed by atoms with van der Waals surface area (Å²) in [7, 11) is 0. The van der Waals surface area contributed by atoms with Gasteiger partial charge in [0, 0.05) is 25.6 Å². The lowest BCUT2D eigenvalue weighted by Crippen LogP contribution is -2.31. The maximum absolute atomic E-state index is 11.9. The van der Waals surface area contributed by atoms with Crippen molar-refractivity contribution in [2.24, 2.45) is 5.73 Å². The zero-order valence-corrected chi connectivity index (χ0v) is 11.5. The van der Waals surface area contributed by atoms with Gasteiger partial charge in [0.15, 0.2) is 0 Å². The van der Waals surface area contributed by atoms with Gasteiger partial charge in [0.2, 0.25) is 5.91 Å². The van der Waals surface area contributed by atoms with Crippen LogP contribution in [-0.4, -0.2) is 37.4 Å². The smallest absolute Gasteiger partial charge is 0.378 e. The van der Waals surface area contributed by atoms with Gasteiger partial charge >= 0.3 is 6.18 Å². The second kappa shape index (κ2) is 8.46. The number of halogens is 3. The van der Waals surface area contributed by atoms with E-state index in [1.165, 1.54) is 0 Å². The largest absolute Gasteiger partial charge is 0.389 e. The molecule has 0 bridgehead atoms. The van der Waals surface area contributed by atoms with E-state index in [-0.39, 0.29) is 12.1 Å². The fourth-order valence-electron chi connectivity index (χ4n) is 2.15. The maximum Gasteiger partial charge on any atom is 0.389 e. The molecule has 3 N–H and O–H groups in total. The highest BCUT2D eigenvalue weighted by Gasteiger charge is 2.27. The van der Waals surface area contributed by atoms with Crippen LogP contribution in [0.4, 0.5) is 13.2 Å². The molecule has 1 saturated carbocycles. The second-order valence-electron chi connectivity index (χ2n) is 5.23. The molecule has 0 unspecified atom stereocenters. The van der Waals surface area contributed by atoms with Crippen LogP contribution in [0.2, 0.25) is 0 Å². The van der Waals surface area contributed by atoms with Gasteiger partial charge < -0.3 is 15.8 Å². The molecule has 1 fully saturated rings. The highest BCUT2D eigenvalue weighted by atomic mass is 19.4. The zero-order chi connectivity index (χ0) is 15.0. The molecule has 0 aromatic carbocycles. The van der Waals surface area contributed by atoms with Gasteiger partial charge in [0.25, 0.3) is 0 Å². The monoisotopic (exact) mass is 296 g/mol. The topological polar surface area (TPSA) is 64.3 Å². The van der Waals surface area contributed by atoms with Gasteiger partial charge in [-0.1, -0.05) is 0 Å². The van der Waals surface area contributed by atoms with E-state index in [2.05, 4.69) is 5.32 Å². The first-order chi connectivity index (χ1) is 9.37. The van der Waals surface area contributed by atoms with Crippen LogP contribution in [0, 0.1) is 0 Å². The molecule has 20 heavy (non-hydrogen) atoms. The van der Waals surface area contributed by atoms with Crippen LogP contribution in [-0.2, 0) is 9.53 Å². The molecular weight excluding hydrogens is 273 g/mol. The number of nitrogens with one attached hydrogen (secondary N) is 1. The Morgan fingerprint density at radius 1 is 1.25 bits per heavy atom. The summed E-state index contributed by atoms with van der Waals surface area (Å²) in [5.74, 6) is -0.564. The Morgan fingerprint density at radius 2 is 1.90 bits per heavy atom. The Balaban J connectivity index is 1.95. The van der Waals surface area contributed by atoms with Crippen LogP contribution in [0.15, 0.2) is 0 Å². The minimum atomic E-state index is -4.28. The van der Waals surface area contributed by atoms with Crippen molar-refractivity contribution in [1.29, 1.82) is 0 Å². The van der Waals surface area contributed by atoms with E-state index in [1.807, 2.05) is 0 Å². The van der Waals surface area contributed by atoms with Gasteiger partial charge in [-0.2, -0.15) is 13.2 Å². The zero-order valence-electron chi connectivity index (χ0n) is 11.5. The van der Waals surface area contributed by atoms with Crippen LogP contribution >= 0.6 is 0 Å². The van der Waals surface area contributed by atoms with Crippen LogP contribution in [0.3, 0.4) is 0 Å². The van der Waals surface area contributed by atoms with Crippen LogP contribution < -0.4 is 11.1 Å². The van der Waals surface area contributed by atoms with E-state index < -0.39 is 24.9 Å². The van der Waals surface area contributed by atoms with Gasteiger partial charge in [0.1, 0.15) is 0 Å². The van der Waals surface area contributed by atoms with Crippen molar-refractivity contribution in [2.45, 2.75) is 63.3 Å². The molecule has 0 saturated heterocycles. The molecule has 0 aromatic rings. The Morgan fingerprint density at radius 3 is 2.50 bits per heavy atom. The molecule has 0 radical (unpaired) electrons. The molecule has 1 amide bonds. The average molecular weight is 296 g/mol. The van der Waals surface area contributed by atoms with E-state index >= 15 is 0 Å². The lowest BCUT2D eigenvalue weighted by molar-refractivity contribution is -0.144. The van der Waals surface area contributed by atoms with E-state index in [9.17, 15) is 18.0 Å². The molecule has 7 heteroatoms. The fraction of sp³-hybridized carbons (Fsp3) is 0.923. The van der Waals surface area contributed by atoms with Crippen molar-refractivity contribution in [3.63, 3.8) is 0 Å². The summed E-state index contributed by atoms with van der Waals surface area (Å²) in [6.07, 6.45) is -1.16. The number of rotatable bonds is 7.